The van der Waals surface area contributed by atoms with Crippen molar-refractivity contribution in [1.29, 1.82) is 0 Å². The zero-order valence-electron chi connectivity index (χ0n) is 10.7. The number of benzene rings is 2. The van der Waals surface area contributed by atoms with E-state index in [0.29, 0.717) is 5.56 Å². The summed E-state index contributed by atoms with van der Waals surface area (Å²) in [6.07, 6.45) is 1.97. The minimum absolute atomic E-state index is 0.207. The van der Waals surface area contributed by atoms with Crippen molar-refractivity contribution >= 4 is 23.4 Å². The first-order valence-electron chi connectivity index (χ1n) is 5.81. The quantitative estimate of drug-likeness (QED) is 0.854. The van der Waals surface area contributed by atoms with E-state index >= 15 is 0 Å². The molecule has 0 aliphatic carbocycles. The Kier molecular flexibility index (Phi) is 4.22. The monoisotopic (exact) mass is 275 g/mol. The van der Waals surface area contributed by atoms with Crippen molar-refractivity contribution in [3.8, 4) is 0 Å². The number of thioether (sulfide) groups is 1. The van der Waals surface area contributed by atoms with Gasteiger partial charge in [-0.3, -0.25) is 4.79 Å². The number of carbonyl (C=O) groups is 1. The highest BCUT2D eigenvalue weighted by atomic mass is 32.2. The van der Waals surface area contributed by atoms with E-state index in [1.54, 1.807) is 36.0 Å². The van der Waals surface area contributed by atoms with E-state index in [4.69, 9.17) is 0 Å². The fourth-order valence-corrected chi connectivity index (χ4v) is 2.08. The predicted molar refractivity (Wildman–Crippen MR) is 77.3 cm³/mol. The third-order valence-corrected chi connectivity index (χ3v) is 3.47. The lowest BCUT2D eigenvalue weighted by Gasteiger charge is -2.07. The molecule has 0 heterocycles. The second-order valence-electron chi connectivity index (χ2n) is 4.17. The summed E-state index contributed by atoms with van der Waals surface area (Å²) in [5, 5.41) is 2.58. The molecule has 98 valence electrons. The zero-order chi connectivity index (χ0) is 13.8. The number of hydrogen-bond acceptors (Lipinski definition) is 2. The summed E-state index contributed by atoms with van der Waals surface area (Å²) >= 11 is 1.61. The molecule has 0 aromatic heterocycles. The van der Waals surface area contributed by atoms with Gasteiger partial charge < -0.3 is 5.32 Å². The van der Waals surface area contributed by atoms with Gasteiger partial charge in [0.15, 0.2) is 0 Å². The molecule has 0 saturated heterocycles. The number of halogens is 1. The molecule has 1 N–H and O–H groups in total. The van der Waals surface area contributed by atoms with Crippen molar-refractivity contribution in [2.75, 3.05) is 11.6 Å². The van der Waals surface area contributed by atoms with Crippen molar-refractivity contribution in [3.63, 3.8) is 0 Å². The molecule has 0 saturated carbocycles. The van der Waals surface area contributed by atoms with Crippen LogP contribution in [0.5, 0.6) is 0 Å². The first-order valence-corrected chi connectivity index (χ1v) is 7.04. The Morgan fingerprint density at radius 3 is 2.47 bits per heavy atom. The van der Waals surface area contributed by atoms with E-state index in [0.717, 1.165) is 10.5 Å². The summed E-state index contributed by atoms with van der Waals surface area (Å²) in [5.41, 5.74) is 1.62. The van der Waals surface area contributed by atoms with Crippen molar-refractivity contribution < 1.29 is 9.18 Å². The molecule has 0 spiro atoms. The summed E-state index contributed by atoms with van der Waals surface area (Å²) in [6.45, 7) is 1.85. The SMILES string of the molecule is CSc1ccc(C(=O)Nc2cc(C)ccc2F)cc1. The molecule has 2 nitrogen and oxygen atoms in total. The molecule has 2 aromatic carbocycles. The highest BCUT2D eigenvalue weighted by molar-refractivity contribution is 7.98. The number of nitrogens with one attached hydrogen (secondary N) is 1. The van der Waals surface area contributed by atoms with Gasteiger partial charge in [-0.15, -0.1) is 11.8 Å². The molecule has 0 fully saturated rings. The number of rotatable bonds is 3. The van der Waals surface area contributed by atoms with Crippen LogP contribution >= 0.6 is 11.8 Å². The minimum atomic E-state index is -0.431. The molecule has 0 unspecified atom stereocenters. The highest BCUT2D eigenvalue weighted by Gasteiger charge is 2.09. The molecule has 0 radical (unpaired) electrons. The molecule has 0 atom stereocenters. The molecular weight excluding hydrogens is 261 g/mol. The van der Waals surface area contributed by atoms with E-state index < -0.39 is 5.82 Å². The van der Waals surface area contributed by atoms with Gasteiger partial charge in [-0.25, -0.2) is 4.39 Å². The van der Waals surface area contributed by atoms with Crippen LogP contribution in [0.4, 0.5) is 10.1 Å². The summed E-state index contributed by atoms with van der Waals surface area (Å²) < 4.78 is 13.5. The number of aryl methyl sites for hydroxylation is 1. The minimum Gasteiger partial charge on any atom is -0.319 e. The Morgan fingerprint density at radius 1 is 1.16 bits per heavy atom. The summed E-state index contributed by atoms with van der Waals surface area (Å²) in [4.78, 5) is 13.1. The molecule has 2 aromatic rings. The van der Waals surface area contributed by atoms with Crippen LogP contribution < -0.4 is 5.32 Å². The second-order valence-corrected chi connectivity index (χ2v) is 5.05. The highest BCUT2D eigenvalue weighted by Crippen LogP contribution is 2.18. The van der Waals surface area contributed by atoms with Gasteiger partial charge in [0.2, 0.25) is 0 Å². The molecule has 4 heteroatoms. The fraction of sp³-hybridized carbons (Fsp3) is 0.133. The standard InChI is InChI=1S/C15H14FNOS/c1-10-3-8-13(16)14(9-10)17-15(18)11-4-6-12(19-2)7-5-11/h3-9H,1-2H3,(H,17,18). The molecule has 0 aliphatic heterocycles. The third-order valence-electron chi connectivity index (χ3n) is 2.72. The van der Waals surface area contributed by atoms with Crippen LogP contribution in [0, 0.1) is 12.7 Å². The van der Waals surface area contributed by atoms with Crippen LogP contribution in [0.15, 0.2) is 47.4 Å². The maximum absolute atomic E-state index is 13.5. The Morgan fingerprint density at radius 2 is 1.84 bits per heavy atom. The lowest BCUT2D eigenvalue weighted by Crippen LogP contribution is -2.13. The van der Waals surface area contributed by atoms with Crippen LogP contribution in [0.25, 0.3) is 0 Å². The normalized spacial score (nSPS) is 10.3. The van der Waals surface area contributed by atoms with Gasteiger partial charge in [0.25, 0.3) is 5.91 Å². The number of anilines is 1. The van der Waals surface area contributed by atoms with Gasteiger partial charge in [-0.2, -0.15) is 0 Å². The average molecular weight is 275 g/mol. The third kappa shape index (κ3) is 3.35. The maximum atomic E-state index is 13.5. The first kappa shape index (κ1) is 13.6. The lowest BCUT2D eigenvalue weighted by atomic mass is 10.2. The topological polar surface area (TPSA) is 29.1 Å². The Hall–Kier alpha value is -1.81. The van der Waals surface area contributed by atoms with Crippen molar-refractivity contribution in [2.45, 2.75) is 11.8 Å². The van der Waals surface area contributed by atoms with Crippen LogP contribution in [0.3, 0.4) is 0 Å². The molecule has 2 rings (SSSR count). The summed E-state index contributed by atoms with van der Waals surface area (Å²) in [7, 11) is 0. The smallest absolute Gasteiger partial charge is 0.255 e. The summed E-state index contributed by atoms with van der Waals surface area (Å²) in [6, 6.07) is 11.8. The van der Waals surface area contributed by atoms with Gasteiger partial charge in [-0.1, -0.05) is 6.07 Å². The van der Waals surface area contributed by atoms with Gasteiger partial charge >= 0.3 is 0 Å². The van der Waals surface area contributed by atoms with Gasteiger partial charge in [0.05, 0.1) is 5.69 Å². The van der Waals surface area contributed by atoms with Crippen LogP contribution in [0.2, 0.25) is 0 Å². The largest absolute Gasteiger partial charge is 0.319 e. The number of carbonyl (C=O) groups excluding carboxylic acids is 1. The molecular formula is C15H14FNOS. The van der Waals surface area contributed by atoms with Crippen LogP contribution in [-0.2, 0) is 0 Å². The zero-order valence-corrected chi connectivity index (χ0v) is 11.6. The fourth-order valence-electron chi connectivity index (χ4n) is 1.67. The first-order chi connectivity index (χ1) is 9.10. The molecule has 0 aliphatic rings. The van der Waals surface area contributed by atoms with E-state index in [9.17, 15) is 9.18 Å². The number of amides is 1. The van der Waals surface area contributed by atoms with Gasteiger partial charge in [-0.05, 0) is 55.1 Å². The van der Waals surface area contributed by atoms with Crippen LogP contribution in [0.1, 0.15) is 15.9 Å². The Labute approximate surface area is 116 Å². The summed E-state index contributed by atoms with van der Waals surface area (Å²) in [5.74, 6) is -0.739. The second kappa shape index (κ2) is 5.89. The van der Waals surface area contributed by atoms with Gasteiger partial charge in [0.1, 0.15) is 5.82 Å². The van der Waals surface area contributed by atoms with Gasteiger partial charge in [0, 0.05) is 10.5 Å². The van der Waals surface area contributed by atoms with E-state index in [2.05, 4.69) is 5.32 Å². The predicted octanol–water partition coefficient (Wildman–Crippen LogP) is 4.11. The van der Waals surface area contributed by atoms with Crippen molar-refractivity contribution in [1.82, 2.24) is 0 Å². The molecule has 19 heavy (non-hydrogen) atoms. The van der Waals surface area contributed by atoms with E-state index in [-0.39, 0.29) is 11.6 Å². The van der Waals surface area contributed by atoms with Crippen LogP contribution in [-0.4, -0.2) is 12.2 Å². The average Bonchev–Trinajstić information content (AvgIpc) is 2.43. The van der Waals surface area contributed by atoms with E-state index in [1.165, 1.54) is 6.07 Å². The Balaban J connectivity index is 2.18. The maximum Gasteiger partial charge on any atom is 0.255 e. The Bertz CT molecular complexity index is 596. The molecule has 0 bridgehead atoms. The number of hydrogen-bond donors (Lipinski definition) is 1. The van der Waals surface area contributed by atoms with Crippen molar-refractivity contribution in [3.05, 3.63) is 59.4 Å². The molecule has 1 amide bonds. The lowest BCUT2D eigenvalue weighted by molar-refractivity contribution is 0.102. The van der Waals surface area contributed by atoms with Crippen molar-refractivity contribution in [2.24, 2.45) is 0 Å². The van der Waals surface area contributed by atoms with E-state index in [1.807, 2.05) is 25.3 Å².